The Bertz CT molecular complexity index is 120. The van der Waals surface area contributed by atoms with E-state index in [1.54, 1.807) is 7.11 Å². The van der Waals surface area contributed by atoms with E-state index in [9.17, 15) is 0 Å². The molecule has 0 bridgehead atoms. The maximum absolute atomic E-state index is 8.12. The fraction of sp³-hybridized carbons (Fsp3) is 1.00. The Hall–Kier alpha value is -0.160. The van der Waals surface area contributed by atoms with E-state index in [1.807, 2.05) is 0 Å². The molecule has 0 fully saturated rings. The molecule has 0 atom stereocenters. The van der Waals surface area contributed by atoms with E-state index in [4.69, 9.17) is 9.99 Å². The van der Waals surface area contributed by atoms with Gasteiger partial charge in [-0.2, -0.15) is 0 Å². The molecule has 0 radical (unpaired) electrons. The number of nitrogens with one attached hydrogen (secondary N) is 1. The number of methoxy groups -OCH3 is 1. The molecule has 0 aliphatic rings. The van der Waals surface area contributed by atoms with Crippen LogP contribution < -0.4 is 5.32 Å². The van der Waals surface area contributed by atoms with Crippen molar-refractivity contribution in [1.82, 2.24) is 5.32 Å². The van der Waals surface area contributed by atoms with Crippen LogP contribution in [0.1, 0.15) is 51.4 Å². The lowest BCUT2D eigenvalue weighted by molar-refractivity contribution is -0.242. The second kappa shape index (κ2) is 15.8. The fourth-order valence-electron chi connectivity index (χ4n) is 1.75. The minimum atomic E-state index is 0.467. The van der Waals surface area contributed by atoms with Gasteiger partial charge in [-0.25, -0.2) is 4.89 Å². The monoisotopic (exact) mass is 247 g/mol. The van der Waals surface area contributed by atoms with Crippen LogP contribution in [0.3, 0.4) is 0 Å². The number of rotatable bonds is 14. The first-order chi connectivity index (χ1) is 8.41. The molecule has 4 heteroatoms. The second-order valence-electron chi connectivity index (χ2n) is 4.40. The summed E-state index contributed by atoms with van der Waals surface area (Å²) in [5.74, 6) is 0. The lowest BCUT2D eigenvalue weighted by Crippen LogP contribution is -2.16. The Kier molecular flexibility index (Phi) is 15.7. The standard InChI is InChI=1S/C13H29NO3/c1-16-12-8-4-2-6-10-14-11-7-3-5-9-13-17-15/h14-15H,2-13H2,1H3. The number of hydrogen-bond donors (Lipinski definition) is 2. The average Bonchev–Trinajstić information content (AvgIpc) is 2.35. The van der Waals surface area contributed by atoms with Crippen molar-refractivity contribution in [3.63, 3.8) is 0 Å². The molecule has 0 aliphatic heterocycles. The lowest BCUT2D eigenvalue weighted by atomic mass is 10.2. The highest BCUT2D eigenvalue weighted by atomic mass is 17.1. The Morgan fingerprint density at radius 2 is 1.29 bits per heavy atom. The van der Waals surface area contributed by atoms with Crippen LogP contribution in [0.25, 0.3) is 0 Å². The van der Waals surface area contributed by atoms with E-state index < -0.39 is 0 Å². The minimum Gasteiger partial charge on any atom is -0.385 e. The van der Waals surface area contributed by atoms with Crippen LogP contribution in [0.5, 0.6) is 0 Å². The van der Waals surface area contributed by atoms with Crippen LogP contribution >= 0.6 is 0 Å². The molecule has 0 aromatic carbocycles. The average molecular weight is 247 g/mol. The molecule has 0 saturated heterocycles. The Morgan fingerprint density at radius 3 is 1.82 bits per heavy atom. The minimum absolute atomic E-state index is 0.467. The van der Waals surface area contributed by atoms with Crippen LogP contribution in [0.2, 0.25) is 0 Å². The van der Waals surface area contributed by atoms with E-state index in [0.29, 0.717) is 6.61 Å². The van der Waals surface area contributed by atoms with Gasteiger partial charge in [-0.3, -0.25) is 5.26 Å². The summed E-state index contributed by atoms with van der Waals surface area (Å²) in [5.41, 5.74) is 0. The zero-order valence-corrected chi connectivity index (χ0v) is 11.2. The zero-order valence-electron chi connectivity index (χ0n) is 11.2. The van der Waals surface area contributed by atoms with Crippen LogP contribution in [-0.2, 0) is 9.62 Å². The van der Waals surface area contributed by atoms with Crippen molar-refractivity contribution in [3.8, 4) is 0 Å². The first-order valence-corrected chi connectivity index (χ1v) is 6.88. The first-order valence-electron chi connectivity index (χ1n) is 6.88. The summed E-state index contributed by atoms with van der Waals surface area (Å²) in [4.78, 5) is 4.02. The maximum atomic E-state index is 8.12. The smallest absolute Gasteiger partial charge is 0.0819 e. The molecular formula is C13H29NO3. The van der Waals surface area contributed by atoms with Crippen molar-refractivity contribution < 1.29 is 14.9 Å². The Balaban J connectivity index is 2.85. The Morgan fingerprint density at radius 1 is 0.765 bits per heavy atom. The van der Waals surface area contributed by atoms with E-state index in [-0.39, 0.29) is 0 Å². The zero-order chi connectivity index (χ0) is 12.6. The predicted molar refractivity (Wildman–Crippen MR) is 70.3 cm³/mol. The quantitative estimate of drug-likeness (QED) is 0.281. The molecule has 2 N–H and O–H groups in total. The van der Waals surface area contributed by atoms with Gasteiger partial charge in [0.1, 0.15) is 0 Å². The number of unbranched alkanes of at least 4 members (excludes halogenated alkanes) is 6. The summed E-state index contributed by atoms with van der Waals surface area (Å²) in [6.45, 7) is 3.60. The normalized spacial score (nSPS) is 10.9. The number of ether oxygens (including phenoxy) is 1. The highest BCUT2D eigenvalue weighted by molar-refractivity contribution is 4.50. The van der Waals surface area contributed by atoms with Crippen molar-refractivity contribution in [2.24, 2.45) is 0 Å². The third-order valence-electron chi connectivity index (χ3n) is 2.79. The SMILES string of the molecule is COCCCCCCNCCCCCCOO. The van der Waals surface area contributed by atoms with Crippen LogP contribution in [0, 0.1) is 0 Å². The first kappa shape index (κ1) is 16.8. The fourth-order valence-corrected chi connectivity index (χ4v) is 1.75. The van der Waals surface area contributed by atoms with Gasteiger partial charge in [0, 0.05) is 13.7 Å². The Labute approximate surface area is 106 Å². The van der Waals surface area contributed by atoms with Gasteiger partial charge in [-0.15, -0.1) is 0 Å². The highest BCUT2D eigenvalue weighted by Gasteiger charge is 1.92. The van der Waals surface area contributed by atoms with Crippen molar-refractivity contribution in [3.05, 3.63) is 0 Å². The molecule has 0 heterocycles. The van der Waals surface area contributed by atoms with Gasteiger partial charge < -0.3 is 10.1 Å². The lowest BCUT2D eigenvalue weighted by Gasteiger charge is -2.04. The van der Waals surface area contributed by atoms with Gasteiger partial charge in [0.25, 0.3) is 0 Å². The summed E-state index contributed by atoms with van der Waals surface area (Å²) in [7, 11) is 1.76. The van der Waals surface area contributed by atoms with Crippen LogP contribution in [-0.4, -0.2) is 38.7 Å². The molecule has 0 spiro atoms. The third kappa shape index (κ3) is 15.8. The summed E-state index contributed by atoms with van der Waals surface area (Å²) in [5, 5.41) is 11.6. The van der Waals surface area contributed by atoms with Gasteiger partial charge in [0.15, 0.2) is 0 Å². The van der Waals surface area contributed by atoms with Crippen LogP contribution in [0.15, 0.2) is 0 Å². The van der Waals surface area contributed by atoms with Gasteiger partial charge >= 0.3 is 0 Å². The largest absolute Gasteiger partial charge is 0.385 e. The molecule has 0 saturated carbocycles. The summed E-state index contributed by atoms with van der Waals surface area (Å²) in [6, 6.07) is 0. The molecular weight excluding hydrogens is 218 g/mol. The van der Waals surface area contributed by atoms with Crippen molar-refractivity contribution in [2.75, 3.05) is 33.4 Å². The molecule has 0 unspecified atom stereocenters. The predicted octanol–water partition coefficient (Wildman–Crippen LogP) is 2.83. The van der Waals surface area contributed by atoms with Gasteiger partial charge in [0.05, 0.1) is 6.61 Å². The molecule has 4 nitrogen and oxygen atoms in total. The molecule has 0 aromatic heterocycles. The summed E-state index contributed by atoms with van der Waals surface area (Å²) >= 11 is 0. The van der Waals surface area contributed by atoms with Gasteiger partial charge in [0.2, 0.25) is 0 Å². The van der Waals surface area contributed by atoms with Gasteiger partial charge in [-0.05, 0) is 38.8 Å². The van der Waals surface area contributed by atoms with Gasteiger partial charge in [-0.1, -0.05) is 25.7 Å². The highest BCUT2D eigenvalue weighted by Crippen LogP contribution is 2.00. The second-order valence-corrected chi connectivity index (χ2v) is 4.40. The summed E-state index contributed by atoms with van der Waals surface area (Å²) < 4.78 is 5.00. The van der Waals surface area contributed by atoms with Crippen molar-refractivity contribution >= 4 is 0 Å². The number of hydrogen-bond acceptors (Lipinski definition) is 4. The van der Waals surface area contributed by atoms with E-state index in [2.05, 4.69) is 10.2 Å². The summed E-state index contributed by atoms with van der Waals surface area (Å²) in [6.07, 6.45) is 9.54. The third-order valence-corrected chi connectivity index (χ3v) is 2.79. The maximum Gasteiger partial charge on any atom is 0.0819 e. The van der Waals surface area contributed by atoms with E-state index in [1.165, 1.54) is 38.5 Å². The molecule has 104 valence electrons. The molecule has 0 amide bonds. The van der Waals surface area contributed by atoms with E-state index >= 15 is 0 Å². The topological polar surface area (TPSA) is 50.7 Å². The van der Waals surface area contributed by atoms with Crippen LogP contribution in [0.4, 0.5) is 0 Å². The van der Waals surface area contributed by atoms with E-state index in [0.717, 1.165) is 32.5 Å². The molecule has 0 aliphatic carbocycles. The van der Waals surface area contributed by atoms with Crippen molar-refractivity contribution in [1.29, 1.82) is 0 Å². The molecule has 0 aromatic rings. The molecule has 0 rings (SSSR count). The molecule has 17 heavy (non-hydrogen) atoms. The van der Waals surface area contributed by atoms with Crippen molar-refractivity contribution in [2.45, 2.75) is 51.4 Å².